The first-order valence-corrected chi connectivity index (χ1v) is 9.32. The third kappa shape index (κ3) is 5.94. The topological polar surface area (TPSA) is 58.2 Å². The Hall–Kier alpha value is -2.27. The van der Waals surface area contributed by atoms with E-state index >= 15 is 0 Å². The number of hydrogen-bond acceptors (Lipinski definition) is 3. The first-order valence-electron chi connectivity index (χ1n) is 8.34. The van der Waals surface area contributed by atoms with Crippen LogP contribution in [0.25, 0.3) is 0 Å². The Morgan fingerprint density at radius 2 is 1.76 bits per heavy atom. The summed E-state index contributed by atoms with van der Waals surface area (Å²) in [5.41, 5.74) is 4.32. The van der Waals surface area contributed by atoms with Crippen LogP contribution in [-0.2, 0) is 16.0 Å². The number of carbonyl (C=O) groups is 2. The van der Waals surface area contributed by atoms with Crippen LogP contribution >= 0.6 is 11.8 Å². The van der Waals surface area contributed by atoms with E-state index in [1.807, 2.05) is 43.3 Å². The lowest BCUT2D eigenvalue weighted by Crippen LogP contribution is -2.34. The van der Waals surface area contributed by atoms with Gasteiger partial charge in [-0.3, -0.25) is 9.59 Å². The van der Waals surface area contributed by atoms with Crippen LogP contribution in [0.15, 0.2) is 47.4 Å². The molecule has 2 aromatic rings. The number of thioether (sulfide) groups is 1. The second kappa shape index (κ2) is 9.28. The number of nitrogens with one attached hydrogen (secondary N) is 2. The van der Waals surface area contributed by atoms with E-state index < -0.39 is 0 Å². The molecule has 0 saturated carbocycles. The van der Waals surface area contributed by atoms with Gasteiger partial charge in [-0.1, -0.05) is 31.2 Å². The van der Waals surface area contributed by atoms with Crippen LogP contribution in [0.5, 0.6) is 0 Å². The van der Waals surface area contributed by atoms with E-state index in [4.69, 9.17) is 0 Å². The highest BCUT2D eigenvalue weighted by atomic mass is 32.2. The molecule has 0 fully saturated rings. The van der Waals surface area contributed by atoms with E-state index in [0.717, 1.165) is 22.6 Å². The van der Waals surface area contributed by atoms with Gasteiger partial charge >= 0.3 is 0 Å². The molecule has 0 radical (unpaired) electrons. The number of rotatable bonds is 7. The Morgan fingerprint density at radius 3 is 2.48 bits per heavy atom. The lowest BCUT2D eigenvalue weighted by Gasteiger charge is -2.10. The predicted molar refractivity (Wildman–Crippen MR) is 104 cm³/mol. The van der Waals surface area contributed by atoms with E-state index in [1.54, 1.807) is 0 Å². The predicted octanol–water partition coefficient (Wildman–Crippen LogP) is 3.71. The molecular weight excluding hydrogens is 332 g/mol. The van der Waals surface area contributed by atoms with Gasteiger partial charge in [0.15, 0.2) is 0 Å². The standard InChI is InChI=1S/C20H24N2O2S/c1-4-16-7-5-6-8-18(16)22-19(23)12-21-20(24)13-25-17-10-9-14(2)15(3)11-17/h5-11H,4,12-13H2,1-3H3,(H,21,24)(H,22,23). The molecule has 0 atom stereocenters. The maximum absolute atomic E-state index is 12.0. The Morgan fingerprint density at radius 1 is 1.00 bits per heavy atom. The lowest BCUT2D eigenvalue weighted by molar-refractivity contribution is -0.122. The molecule has 2 amide bonds. The summed E-state index contributed by atoms with van der Waals surface area (Å²) < 4.78 is 0. The van der Waals surface area contributed by atoms with Gasteiger partial charge in [0.1, 0.15) is 0 Å². The van der Waals surface area contributed by atoms with Crippen molar-refractivity contribution in [2.75, 3.05) is 17.6 Å². The first kappa shape index (κ1) is 19.1. The maximum atomic E-state index is 12.0. The van der Waals surface area contributed by atoms with Crippen molar-refractivity contribution in [3.63, 3.8) is 0 Å². The van der Waals surface area contributed by atoms with E-state index in [0.29, 0.717) is 5.75 Å². The molecule has 0 aliphatic rings. The SMILES string of the molecule is CCc1ccccc1NC(=O)CNC(=O)CSc1ccc(C)c(C)c1. The quantitative estimate of drug-likeness (QED) is 0.744. The highest BCUT2D eigenvalue weighted by Crippen LogP contribution is 2.20. The zero-order valence-electron chi connectivity index (χ0n) is 14.9. The third-order valence-electron chi connectivity index (χ3n) is 3.97. The minimum absolute atomic E-state index is 0.0234. The molecule has 0 aliphatic heterocycles. The molecule has 0 aromatic heterocycles. The Bertz CT molecular complexity index is 759. The van der Waals surface area contributed by atoms with Crippen molar-refractivity contribution in [3.05, 3.63) is 59.2 Å². The summed E-state index contributed by atoms with van der Waals surface area (Å²) in [6.07, 6.45) is 0.843. The average Bonchev–Trinajstić information content (AvgIpc) is 2.61. The van der Waals surface area contributed by atoms with E-state index in [2.05, 4.69) is 30.5 Å². The fourth-order valence-corrected chi connectivity index (χ4v) is 3.15. The monoisotopic (exact) mass is 356 g/mol. The summed E-state index contributed by atoms with van der Waals surface area (Å²) in [5.74, 6) is -0.0750. The number of amides is 2. The molecule has 0 unspecified atom stereocenters. The zero-order chi connectivity index (χ0) is 18.2. The van der Waals surface area contributed by atoms with Crippen LogP contribution in [-0.4, -0.2) is 24.1 Å². The Balaban J connectivity index is 1.77. The van der Waals surface area contributed by atoms with Gasteiger partial charge in [-0.25, -0.2) is 0 Å². The molecule has 0 aliphatic carbocycles. The third-order valence-corrected chi connectivity index (χ3v) is 4.96. The van der Waals surface area contributed by atoms with Gasteiger partial charge in [0, 0.05) is 10.6 Å². The highest BCUT2D eigenvalue weighted by molar-refractivity contribution is 8.00. The molecule has 5 heteroatoms. The summed E-state index contributed by atoms with van der Waals surface area (Å²) in [6.45, 7) is 6.13. The number of aryl methyl sites for hydroxylation is 3. The lowest BCUT2D eigenvalue weighted by atomic mass is 10.1. The smallest absolute Gasteiger partial charge is 0.243 e. The van der Waals surface area contributed by atoms with Gasteiger partial charge in [0.2, 0.25) is 11.8 Å². The van der Waals surface area contributed by atoms with Crippen molar-refractivity contribution in [2.24, 2.45) is 0 Å². The normalized spacial score (nSPS) is 10.4. The molecule has 0 saturated heterocycles. The zero-order valence-corrected chi connectivity index (χ0v) is 15.7. The molecule has 4 nitrogen and oxygen atoms in total. The molecular formula is C20H24N2O2S. The van der Waals surface area contributed by atoms with Crippen LogP contribution in [0.1, 0.15) is 23.6 Å². The van der Waals surface area contributed by atoms with Crippen LogP contribution in [0.3, 0.4) is 0 Å². The van der Waals surface area contributed by atoms with Crippen LogP contribution < -0.4 is 10.6 Å². The second-order valence-electron chi connectivity index (χ2n) is 5.87. The molecule has 25 heavy (non-hydrogen) atoms. The molecule has 2 N–H and O–H groups in total. The van der Waals surface area contributed by atoms with Crippen LogP contribution in [0.4, 0.5) is 5.69 Å². The molecule has 0 heterocycles. The molecule has 132 valence electrons. The van der Waals surface area contributed by atoms with Gasteiger partial charge in [0.25, 0.3) is 0 Å². The van der Waals surface area contributed by atoms with Crippen molar-refractivity contribution < 1.29 is 9.59 Å². The van der Waals surface area contributed by atoms with Crippen molar-refractivity contribution in [2.45, 2.75) is 32.1 Å². The van der Waals surface area contributed by atoms with Gasteiger partial charge in [0.05, 0.1) is 12.3 Å². The van der Waals surface area contributed by atoms with Gasteiger partial charge in [-0.2, -0.15) is 0 Å². The van der Waals surface area contributed by atoms with E-state index in [-0.39, 0.29) is 18.4 Å². The summed E-state index contributed by atoms with van der Waals surface area (Å²) >= 11 is 1.47. The van der Waals surface area contributed by atoms with Crippen LogP contribution in [0, 0.1) is 13.8 Å². The Labute approximate surface area is 153 Å². The maximum Gasteiger partial charge on any atom is 0.243 e. The van der Waals surface area contributed by atoms with Crippen molar-refractivity contribution in [1.82, 2.24) is 5.32 Å². The summed E-state index contributed by atoms with van der Waals surface area (Å²) in [5, 5.41) is 5.51. The van der Waals surface area contributed by atoms with Gasteiger partial charge in [-0.15, -0.1) is 11.8 Å². The van der Waals surface area contributed by atoms with Gasteiger partial charge in [-0.05, 0) is 55.2 Å². The number of hydrogen-bond donors (Lipinski definition) is 2. The highest BCUT2D eigenvalue weighted by Gasteiger charge is 2.08. The number of para-hydroxylation sites is 1. The summed E-state index contributed by atoms with van der Waals surface area (Å²) in [4.78, 5) is 25.0. The van der Waals surface area contributed by atoms with Crippen molar-refractivity contribution in [1.29, 1.82) is 0 Å². The molecule has 0 bridgehead atoms. The second-order valence-corrected chi connectivity index (χ2v) is 6.92. The summed E-state index contributed by atoms with van der Waals surface area (Å²) in [6, 6.07) is 13.8. The largest absolute Gasteiger partial charge is 0.346 e. The fraction of sp³-hybridized carbons (Fsp3) is 0.300. The van der Waals surface area contributed by atoms with Crippen LogP contribution in [0.2, 0.25) is 0 Å². The van der Waals surface area contributed by atoms with E-state index in [1.165, 1.54) is 22.9 Å². The van der Waals surface area contributed by atoms with Gasteiger partial charge < -0.3 is 10.6 Å². The van der Waals surface area contributed by atoms with Crippen molar-refractivity contribution in [3.8, 4) is 0 Å². The molecule has 2 rings (SSSR count). The Kier molecular flexibility index (Phi) is 7.07. The number of anilines is 1. The summed E-state index contributed by atoms with van der Waals surface area (Å²) in [7, 11) is 0. The van der Waals surface area contributed by atoms with E-state index in [9.17, 15) is 9.59 Å². The minimum Gasteiger partial charge on any atom is -0.346 e. The number of carbonyl (C=O) groups excluding carboxylic acids is 2. The fourth-order valence-electron chi connectivity index (χ4n) is 2.33. The average molecular weight is 356 g/mol. The van der Waals surface area contributed by atoms with Crippen molar-refractivity contribution >= 4 is 29.3 Å². The first-order chi connectivity index (χ1) is 12.0. The number of benzene rings is 2. The molecule has 2 aromatic carbocycles. The minimum atomic E-state index is -0.217. The molecule has 0 spiro atoms.